The van der Waals surface area contributed by atoms with Crippen molar-refractivity contribution in [2.45, 2.75) is 25.3 Å². The predicted molar refractivity (Wildman–Crippen MR) is 99.8 cm³/mol. The van der Waals surface area contributed by atoms with Crippen LogP contribution in [-0.4, -0.2) is 10.9 Å². The summed E-state index contributed by atoms with van der Waals surface area (Å²) in [5.74, 6) is -1.73. The van der Waals surface area contributed by atoms with E-state index in [0.717, 1.165) is 30.3 Å². The zero-order chi connectivity index (χ0) is 23.0. The standard InChI is InChI=1S/C20H13F7N2OS/c1-10(12-3-2-4-13(9-12)19(22,23)24)28-17(30)15-16(20(25,26)27)29-18(31-15)11-5-7-14(21)8-6-11/h2-10H,1H3,(H,28,30). The molecule has 0 bridgehead atoms. The summed E-state index contributed by atoms with van der Waals surface area (Å²) in [6.45, 7) is 1.35. The number of carbonyl (C=O) groups is 1. The number of nitrogens with zero attached hydrogens (tertiary/aromatic N) is 1. The van der Waals surface area contributed by atoms with Gasteiger partial charge >= 0.3 is 12.4 Å². The van der Waals surface area contributed by atoms with Crippen molar-refractivity contribution in [3.05, 3.63) is 76.0 Å². The number of alkyl halides is 6. The lowest BCUT2D eigenvalue weighted by atomic mass is 10.0. The smallest absolute Gasteiger partial charge is 0.345 e. The molecule has 31 heavy (non-hydrogen) atoms. The van der Waals surface area contributed by atoms with Gasteiger partial charge < -0.3 is 5.32 Å². The Morgan fingerprint density at radius 1 is 1.00 bits per heavy atom. The lowest BCUT2D eigenvalue weighted by Crippen LogP contribution is -2.28. The molecule has 0 saturated carbocycles. The molecule has 1 heterocycles. The SMILES string of the molecule is CC(NC(=O)c1sc(-c2ccc(F)cc2)nc1C(F)(F)F)c1cccc(C(F)(F)F)c1. The quantitative estimate of drug-likeness (QED) is 0.451. The van der Waals surface area contributed by atoms with Crippen LogP contribution in [0, 0.1) is 5.82 Å². The number of hydrogen-bond acceptors (Lipinski definition) is 3. The average molecular weight is 462 g/mol. The Bertz CT molecular complexity index is 1090. The molecule has 1 aromatic heterocycles. The number of hydrogen-bond donors (Lipinski definition) is 1. The molecule has 0 fully saturated rings. The Kier molecular flexibility index (Phi) is 6.08. The van der Waals surface area contributed by atoms with E-state index < -0.39 is 46.3 Å². The molecule has 164 valence electrons. The Hall–Kier alpha value is -2.95. The number of rotatable bonds is 4. The third kappa shape index (κ3) is 5.22. The van der Waals surface area contributed by atoms with E-state index in [2.05, 4.69) is 10.3 Å². The molecule has 1 amide bonds. The predicted octanol–water partition coefficient (Wildman–Crippen LogP) is 6.48. The van der Waals surface area contributed by atoms with Crippen LogP contribution in [0.3, 0.4) is 0 Å². The van der Waals surface area contributed by atoms with Gasteiger partial charge in [0.15, 0.2) is 5.69 Å². The van der Waals surface area contributed by atoms with Crippen LogP contribution in [0.25, 0.3) is 10.6 Å². The van der Waals surface area contributed by atoms with Crippen LogP contribution in [-0.2, 0) is 12.4 Å². The normalized spacial score (nSPS) is 13.2. The van der Waals surface area contributed by atoms with E-state index in [1.54, 1.807) is 0 Å². The molecular weight excluding hydrogens is 449 g/mol. The van der Waals surface area contributed by atoms with Gasteiger partial charge in [-0.15, -0.1) is 11.3 Å². The fourth-order valence-corrected chi connectivity index (χ4v) is 3.71. The van der Waals surface area contributed by atoms with E-state index in [4.69, 9.17) is 0 Å². The third-order valence-electron chi connectivity index (χ3n) is 4.25. The van der Waals surface area contributed by atoms with Crippen molar-refractivity contribution in [2.24, 2.45) is 0 Å². The molecule has 0 spiro atoms. The number of benzene rings is 2. The Morgan fingerprint density at radius 2 is 1.65 bits per heavy atom. The summed E-state index contributed by atoms with van der Waals surface area (Å²) in [4.78, 5) is 15.3. The zero-order valence-corrected chi connectivity index (χ0v) is 16.4. The molecule has 3 aromatic rings. The van der Waals surface area contributed by atoms with Gasteiger partial charge in [-0.1, -0.05) is 12.1 Å². The molecule has 0 saturated heterocycles. The molecule has 1 atom stereocenters. The van der Waals surface area contributed by atoms with Gasteiger partial charge in [0.1, 0.15) is 15.7 Å². The molecule has 1 N–H and O–H groups in total. The van der Waals surface area contributed by atoms with Gasteiger partial charge in [0.05, 0.1) is 11.6 Å². The molecule has 0 aliphatic carbocycles. The van der Waals surface area contributed by atoms with Gasteiger partial charge in [-0.05, 0) is 48.9 Å². The fraction of sp³-hybridized carbons (Fsp3) is 0.200. The summed E-state index contributed by atoms with van der Waals surface area (Å²) in [6.07, 6.45) is -9.55. The second-order valence-electron chi connectivity index (χ2n) is 6.52. The highest BCUT2D eigenvalue weighted by atomic mass is 32.1. The first kappa shape index (κ1) is 22.7. The van der Waals surface area contributed by atoms with Crippen molar-refractivity contribution in [3.8, 4) is 10.6 Å². The van der Waals surface area contributed by atoms with Crippen molar-refractivity contribution in [2.75, 3.05) is 0 Å². The van der Waals surface area contributed by atoms with Crippen LogP contribution in [0.15, 0.2) is 48.5 Å². The second kappa shape index (κ2) is 8.29. The Labute approximate surface area is 175 Å². The van der Waals surface area contributed by atoms with E-state index in [-0.39, 0.29) is 16.1 Å². The summed E-state index contributed by atoms with van der Waals surface area (Å²) < 4.78 is 92.0. The van der Waals surface area contributed by atoms with Gasteiger partial charge in [0.25, 0.3) is 5.91 Å². The maximum absolute atomic E-state index is 13.4. The van der Waals surface area contributed by atoms with Crippen LogP contribution in [0.4, 0.5) is 30.7 Å². The maximum Gasteiger partial charge on any atom is 0.435 e. The van der Waals surface area contributed by atoms with E-state index >= 15 is 0 Å². The number of halogens is 7. The molecule has 2 aromatic carbocycles. The Morgan fingerprint density at radius 3 is 2.23 bits per heavy atom. The monoisotopic (exact) mass is 462 g/mol. The number of amides is 1. The van der Waals surface area contributed by atoms with Gasteiger partial charge in [-0.3, -0.25) is 4.79 Å². The zero-order valence-electron chi connectivity index (χ0n) is 15.6. The number of nitrogens with one attached hydrogen (secondary N) is 1. The first-order valence-electron chi connectivity index (χ1n) is 8.68. The second-order valence-corrected chi connectivity index (χ2v) is 7.52. The van der Waals surface area contributed by atoms with Crippen LogP contribution in [0.2, 0.25) is 0 Å². The Balaban J connectivity index is 1.91. The van der Waals surface area contributed by atoms with Crippen LogP contribution in [0.5, 0.6) is 0 Å². The lowest BCUT2D eigenvalue weighted by molar-refractivity contribution is -0.141. The minimum atomic E-state index is -4.94. The molecule has 1 unspecified atom stereocenters. The minimum Gasteiger partial charge on any atom is -0.345 e. The lowest BCUT2D eigenvalue weighted by Gasteiger charge is -2.16. The molecule has 3 nitrogen and oxygen atoms in total. The molecule has 3 rings (SSSR count). The highest BCUT2D eigenvalue weighted by Crippen LogP contribution is 2.38. The van der Waals surface area contributed by atoms with Gasteiger partial charge in [0, 0.05) is 5.56 Å². The molecular formula is C20H13F7N2OS. The van der Waals surface area contributed by atoms with Crippen LogP contribution < -0.4 is 5.32 Å². The van der Waals surface area contributed by atoms with Crippen molar-refractivity contribution in [3.63, 3.8) is 0 Å². The van der Waals surface area contributed by atoms with E-state index in [1.165, 1.54) is 25.1 Å². The van der Waals surface area contributed by atoms with E-state index in [1.807, 2.05) is 0 Å². The summed E-state index contributed by atoms with van der Waals surface area (Å²) in [7, 11) is 0. The molecule has 0 radical (unpaired) electrons. The van der Waals surface area contributed by atoms with E-state index in [0.29, 0.717) is 11.3 Å². The number of thiazole rings is 1. The highest BCUT2D eigenvalue weighted by Gasteiger charge is 2.40. The van der Waals surface area contributed by atoms with Crippen molar-refractivity contribution in [1.82, 2.24) is 10.3 Å². The van der Waals surface area contributed by atoms with Gasteiger partial charge in [-0.2, -0.15) is 26.3 Å². The van der Waals surface area contributed by atoms with Gasteiger partial charge in [-0.25, -0.2) is 9.37 Å². The van der Waals surface area contributed by atoms with E-state index in [9.17, 15) is 35.5 Å². The van der Waals surface area contributed by atoms with Crippen molar-refractivity contribution >= 4 is 17.2 Å². The third-order valence-corrected chi connectivity index (χ3v) is 5.36. The molecule has 11 heteroatoms. The van der Waals surface area contributed by atoms with Crippen LogP contribution >= 0.6 is 11.3 Å². The maximum atomic E-state index is 13.4. The van der Waals surface area contributed by atoms with Crippen molar-refractivity contribution < 1.29 is 35.5 Å². The summed E-state index contributed by atoms with van der Waals surface area (Å²) in [5, 5.41) is 2.13. The number of aromatic nitrogens is 1. The topological polar surface area (TPSA) is 42.0 Å². The largest absolute Gasteiger partial charge is 0.435 e. The molecule has 0 aliphatic rings. The first-order valence-corrected chi connectivity index (χ1v) is 9.50. The van der Waals surface area contributed by atoms with Crippen LogP contribution in [0.1, 0.15) is 39.5 Å². The minimum absolute atomic E-state index is 0.0695. The first-order chi connectivity index (χ1) is 14.4. The summed E-state index contributed by atoms with van der Waals surface area (Å²) in [5.41, 5.74) is -2.12. The summed E-state index contributed by atoms with van der Waals surface area (Å²) in [6, 6.07) is 7.64. The fourth-order valence-electron chi connectivity index (χ4n) is 2.71. The summed E-state index contributed by atoms with van der Waals surface area (Å²) >= 11 is 0.452. The highest BCUT2D eigenvalue weighted by molar-refractivity contribution is 7.17. The average Bonchev–Trinajstić information content (AvgIpc) is 3.14. The number of carbonyl (C=O) groups excluding carboxylic acids is 1. The van der Waals surface area contributed by atoms with Gasteiger partial charge in [0.2, 0.25) is 0 Å². The van der Waals surface area contributed by atoms with Crippen molar-refractivity contribution in [1.29, 1.82) is 0 Å². The molecule has 0 aliphatic heterocycles.